The molecule has 0 aliphatic rings. The molecule has 0 amide bonds. The fourth-order valence-electron chi connectivity index (χ4n) is 1.05. The molecule has 62 valence electrons. The van der Waals surface area contributed by atoms with E-state index in [9.17, 15) is 4.79 Å². The fraction of sp³-hybridized carbons (Fsp3) is 0.200. The van der Waals surface area contributed by atoms with Crippen molar-refractivity contribution in [1.82, 2.24) is 0 Å². The predicted molar refractivity (Wildman–Crippen MR) is 48.7 cm³/mol. The van der Waals surface area contributed by atoms with E-state index in [2.05, 4.69) is 0 Å². The topological polar surface area (TPSA) is 40.9 Å². The van der Waals surface area contributed by atoms with E-state index in [1.54, 1.807) is 0 Å². The van der Waals surface area contributed by atoms with E-state index < -0.39 is 0 Å². The summed E-state index contributed by atoms with van der Waals surface area (Å²) in [5.41, 5.74) is 2.11. The normalized spacial score (nSPS) is 9.42. The Morgan fingerprint density at radius 3 is 2.75 bits per heavy atom. The number of hydrogen-bond donors (Lipinski definition) is 1. The third kappa shape index (κ3) is 2.02. The highest BCUT2D eigenvalue weighted by Gasteiger charge is 2.01. The monoisotopic (exact) mass is 161 g/mol. The van der Waals surface area contributed by atoms with Crippen LogP contribution in [0.4, 0.5) is 0 Å². The summed E-state index contributed by atoms with van der Waals surface area (Å²) < 4.78 is 0. The van der Waals surface area contributed by atoms with Gasteiger partial charge in [-0.15, -0.1) is 0 Å². The Labute approximate surface area is 71.7 Å². The quantitative estimate of drug-likeness (QED) is 0.674. The molecular weight excluding hydrogens is 150 g/mol. The Balaban J connectivity index is 2.82. The van der Waals surface area contributed by atoms with Crippen LogP contribution in [0.5, 0.6) is 0 Å². The molecule has 1 N–H and O–H groups in total. The molecule has 1 aromatic rings. The van der Waals surface area contributed by atoms with Gasteiger partial charge < -0.3 is 5.41 Å². The average molecular weight is 161 g/mol. The van der Waals surface area contributed by atoms with Gasteiger partial charge in [-0.3, -0.25) is 4.79 Å². The van der Waals surface area contributed by atoms with Crippen LogP contribution in [-0.4, -0.2) is 12.0 Å². The molecule has 0 saturated heterocycles. The van der Waals surface area contributed by atoms with Gasteiger partial charge in [0, 0.05) is 6.42 Å². The minimum Gasteiger partial charge on any atom is -0.305 e. The molecule has 0 unspecified atom stereocenters. The summed E-state index contributed by atoms with van der Waals surface area (Å²) >= 11 is 0. The van der Waals surface area contributed by atoms with Gasteiger partial charge in [0.2, 0.25) is 0 Å². The van der Waals surface area contributed by atoms with Gasteiger partial charge in [0.15, 0.2) is 5.78 Å². The molecule has 0 saturated carbocycles. The molecule has 12 heavy (non-hydrogen) atoms. The van der Waals surface area contributed by atoms with Crippen molar-refractivity contribution >= 4 is 12.0 Å². The van der Waals surface area contributed by atoms with Gasteiger partial charge >= 0.3 is 0 Å². The number of aryl methyl sites for hydroxylation is 1. The standard InChI is InChI=1S/C10H11NO/c1-8-4-2-3-5-9(8)6-10(12)7-11/h2-5,7,11H,6H2,1H3. The van der Waals surface area contributed by atoms with E-state index in [1.165, 1.54) is 0 Å². The number of carbonyl (C=O) groups is 1. The Kier molecular flexibility index (Phi) is 2.75. The van der Waals surface area contributed by atoms with Crippen LogP contribution in [0, 0.1) is 12.3 Å². The van der Waals surface area contributed by atoms with Crippen molar-refractivity contribution in [2.75, 3.05) is 0 Å². The molecule has 0 aliphatic carbocycles. The van der Waals surface area contributed by atoms with Crippen molar-refractivity contribution in [3.63, 3.8) is 0 Å². The molecule has 0 aromatic heterocycles. The first kappa shape index (κ1) is 8.65. The van der Waals surface area contributed by atoms with Crippen molar-refractivity contribution < 1.29 is 4.79 Å². The van der Waals surface area contributed by atoms with Gasteiger partial charge in [0.25, 0.3) is 0 Å². The zero-order chi connectivity index (χ0) is 8.97. The van der Waals surface area contributed by atoms with Gasteiger partial charge in [-0.25, -0.2) is 0 Å². The Bertz CT molecular complexity index is 304. The molecule has 2 nitrogen and oxygen atoms in total. The smallest absolute Gasteiger partial charge is 0.177 e. The first-order valence-electron chi connectivity index (χ1n) is 3.82. The second kappa shape index (κ2) is 3.81. The zero-order valence-electron chi connectivity index (χ0n) is 7.00. The lowest BCUT2D eigenvalue weighted by atomic mass is 10.0. The lowest BCUT2D eigenvalue weighted by molar-refractivity contribution is -0.112. The van der Waals surface area contributed by atoms with Crippen LogP contribution in [0.25, 0.3) is 0 Å². The summed E-state index contributed by atoms with van der Waals surface area (Å²) in [6.45, 7) is 1.96. The maximum Gasteiger partial charge on any atom is 0.177 e. The van der Waals surface area contributed by atoms with E-state index in [1.807, 2.05) is 31.2 Å². The van der Waals surface area contributed by atoms with E-state index in [0.717, 1.165) is 17.3 Å². The Morgan fingerprint density at radius 1 is 1.50 bits per heavy atom. The number of Topliss-reactive ketones (excluding diaryl/α,β-unsaturated/α-hetero) is 1. The predicted octanol–water partition coefficient (Wildman–Crippen LogP) is 1.76. The van der Waals surface area contributed by atoms with E-state index in [4.69, 9.17) is 5.41 Å². The first-order chi connectivity index (χ1) is 5.74. The molecule has 0 atom stereocenters. The third-order valence-corrected chi connectivity index (χ3v) is 1.79. The highest BCUT2D eigenvalue weighted by atomic mass is 16.1. The number of ketones is 1. The van der Waals surface area contributed by atoms with Gasteiger partial charge in [-0.1, -0.05) is 24.3 Å². The fourth-order valence-corrected chi connectivity index (χ4v) is 1.05. The molecule has 0 spiro atoms. The summed E-state index contributed by atoms with van der Waals surface area (Å²) in [6, 6.07) is 7.72. The van der Waals surface area contributed by atoms with Crippen LogP contribution >= 0.6 is 0 Å². The van der Waals surface area contributed by atoms with Crippen LogP contribution in [0.15, 0.2) is 24.3 Å². The molecule has 0 aliphatic heterocycles. The van der Waals surface area contributed by atoms with E-state index in [0.29, 0.717) is 6.42 Å². The molecule has 0 radical (unpaired) electrons. The van der Waals surface area contributed by atoms with Crippen LogP contribution in [0.2, 0.25) is 0 Å². The van der Waals surface area contributed by atoms with E-state index in [-0.39, 0.29) is 5.78 Å². The molecule has 2 heteroatoms. The second-order valence-corrected chi connectivity index (χ2v) is 2.71. The molecular formula is C10H11NO. The Hall–Kier alpha value is -1.44. The summed E-state index contributed by atoms with van der Waals surface area (Å²) in [6.07, 6.45) is 1.21. The average Bonchev–Trinajstić information content (AvgIpc) is 2.09. The Morgan fingerprint density at radius 2 is 2.17 bits per heavy atom. The van der Waals surface area contributed by atoms with Gasteiger partial charge in [0.05, 0.1) is 6.21 Å². The summed E-state index contributed by atoms with van der Waals surface area (Å²) in [5, 5.41) is 6.75. The van der Waals surface area contributed by atoms with Crippen LogP contribution < -0.4 is 0 Å². The molecule has 1 aromatic carbocycles. The minimum absolute atomic E-state index is 0.149. The van der Waals surface area contributed by atoms with Crippen molar-refractivity contribution in [2.45, 2.75) is 13.3 Å². The SMILES string of the molecule is Cc1ccccc1CC(=O)C=N. The minimum atomic E-state index is -0.149. The third-order valence-electron chi connectivity index (χ3n) is 1.79. The van der Waals surface area contributed by atoms with Crippen LogP contribution in [0.1, 0.15) is 11.1 Å². The number of hydrogen-bond acceptors (Lipinski definition) is 2. The maximum absolute atomic E-state index is 10.9. The van der Waals surface area contributed by atoms with Crippen molar-refractivity contribution in [3.05, 3.63) is 35.4 Å². The number of nitrogens with one attached hydrogen (secondary N) is 1. The number of benzene rings is 1. The van der Waals surface area contributed by atoms with Crippen LogP contribution in [-0.2, 0) is 11.2 Å². The molecule has 0 heterocycles. The van der Waals surface area contributed by atoms with E-state index >= 15 is 0 Å². The van der Waals surface area contributed by atoms with Crippen molar-refractivity contribution in [1.29, 1.82) is 5.41 Å². The summed E-state index contributed by atoms with van der Waals surface area (Å²) in [4.78, 5) is 10.9. The molecule has 1 rings (SSSR count). The maximum atomic E-state index is 10.9. The van der Waals surface area contributed by atoms with Crippen LogP contribution in [0.3, 0.4) is 0 Å². The van der Waals surface area contributed by atoms with Crippen molar-refractivity contribution in [3.8, 4) is 0 Å². The zero-order valence-corrected chi connectivity index (χ0v) is 7.00. The number of rotatable bonds is 3. The second-order valence-electron chi connectivity index (χ2n) is 2.71. The van der Waals surface area contributed by atoms with Crippen molar-refractivity contribution in [2.24, 2.45) is 0 Å². The summed E-state index contributed by atoms with van der Waals surface area (Å²) in [5.74, 6) is -0.149. The highest BCUT2D eigenvalue weighted by Crippen LogP contribution is 2.07. The largest absolute Gasteiger partial charge is 0.305 e. The molecule has 0 fully saturated rings. The lowest BCUT2D eigenvalue weighted by Gasteiger charge is -2.00. The lowest BCUT2D eigenvalue weighted by Crippen LogP contribution is -2.03. The summed E-state index contributed by atoms with van der Waals surface area (Å²) in [7, 11) is 0. The molecule has 0 bridgehead atoms. The van der Waals surface area contributed by atoms with Gasteiger partial charge in [-0.2, -0.15) is 0 Å². The van der Waals surface area contributed by atoms with Gasteiger partial charge in [-0.05, 0) is 18.1 Å². The highest BCUT2D eigenvalue weighted by molar-refractivity contribution is 6.26. The number of carbonyl (C=O) groups excluding carboxylic acids is 1. The first-order valence-corrected chi connectivity index (χ1v) is 3.82. The van der Waals surface area contributed by atoms with Gasteiger partial charge in [0.1, 0.15) is 0 Å².